The molecule has 2 rings (SSSR count). The first kappa shape index (κ1) is 14.8. The number of nitrogens with zero attached hydrogens (tertiary/aromatic N) is 1. The number of rotatable bonds is 5. The molecule has 4 heteroatoms. The Balaban J connectivity index is 1.96. The van der Waals surface area contributed by atoms with E-state index in [1.165, 1.54) is 19.3 Å². The summed E-state index contributed by atoms with van der Waals surface area (Å²) >= 11 is 0. The van der Waals surface area contributed by atoms with E-state index < -0.39 is 0 Å². The molecule has 0 radical (unpaired) electrons. The third-order valence-corrected chi connectivity index (χ3v) is 4.13. The van der Waals surface area contributed by atoms with Gasteiger partial charge in [0.15, 0.2) is 0 Å². The van der Waals surface area contributed by atoms with Gasteiger partial charge in [-0.3, -0.25) is 4.79 Å². The molecule has 0 aromatic carbocycles. The minimum absolute atomic E-state index is 0.0431. The maximum absolute atomic E-state index is 12.2. The van der Waals surface area contributed by atoms with Gasteiger partial charge in [-0.05, 0) is 37.8 Å². The van der Waals surface area contributed by atoms with Gasteiger partial charge in [0, 0.05) is 12.6 Å². The Bertz CT molecular complexity index is 430. The van der Waals surface area contributed by atoms with Crippen LogP contribution in [-0.4, -0.2) is 23.5 Å². The number of nitrogens with one attached hydrogen (secondary N) is 2. The van der Waals surface area contributed by atoms with Crippen molar-refractivity contribution >= 4 is 11.6 Å². The van der Waals surface area contributed by atoms with Gasteiger partial charge >= 0.3 is 0 Å². The van der Waals surface area contributed by atoms with Crippen LogP contribution in [0.5, 0.6) is 0 Å². The lowest BCUT2D eigenvalue weighted by molar-refractivity contribution is 0.0899. The van der Waals surface area contributed by atoms with Crippen molar-refractivity contribution in [3.63, 3.8) is 0 Å². The summed E-state index contributed by atoms with van der Waals surface area (Å²) in [4.78, 5) is 16.5. The molecule has 1 aromatic rings. The van der Waals surface area contributed by atoms with Crippen LogP contribution >= 0.6 is 0 Å². The van der Waals surface area contributed by atoms with Crippen LogP contribution in [0.2, 0.25) is 0 Å². The minimum atomic E-state index is -0.0431. The molecule has 4 nitrogen and oxygen atoms in total. The van der Waals surface area contributed by atoms with Gasteiger partial charge in [0.25, 0.3) is 5.91 Å². The lowest BCUT2D eigenvalue weighted by atomic mass is 9.83. The van der Waals surface area contributed by atoms with Gasteiger partial charge < -0.3 is 10.6 Å². The number of carbonyl (C=O) groups is 1. The Kier molecular flexibility index (Phi) is 5.39. The number of carbonyl (C=O) groups excluding carboxylic acids is 1. The quantitative estimate of drug-likeness (QED) is 0.867. The van der Waals surface area contributed by atoms with E-state index in [4.69, 9.17) is 0 Å². The molecular weight excluding hydrogens is 250 g/mol. The Hall–Kier alpha value is -1.58. The van der Waals surface area contributed by atoms with E-state index in [1.54, 1.807) is 12.3 Å². The Labute approximate surface area is 121 Å². The van der Waals surface area contributed by atoms with Crippen LogP contribution in [0.15, 0.2) is 18.3 Å². The normalized spacial score (nSPS) is 22.3. The second kappa shape index (κ2) is 7.27. The largest absolute Gasteiger partial charge is 0.384 e. The van der Waals surface area contributed by atoms with Crippen molar-refractivity contribution in [3.05, 3.63) is 24.0 Å². The van der Waals surface area contributed by atoms with E-state index in [0.29, 0.717) is 17.7 Å². The standard InChI is InChI=1S/C16H25N3O/c1-3-12-7-5-6-8-14(12)19-16(20)15-10-9-13(11-18-15)17-4-2/h9-12,14,17H,3-8H2,1-2H3,(H,19,20). The van der Waals surface area contributed by atoms with E-state index in [1.807, 2.05) is 13.0 Å². The van der Waals surface area contributed by atoms with E-state index >= 15 is 0 Å². The highest BCUT2D eigenvalue weighted by Crippen LogP contribution is 2.26. The van der Waals surface area contributed by atoms with Gasteiger partial charge in [0.1, 0.15) is 5.69 Å². The number of hydrogen-bond donors (Lipinski definition) is 2. The first-order valence-corrected chi connectivity index (χ1v) is 7.75. The molecule has 2 atom stereocenters. The van der Waals surface area contributed by atoms with Crippen LogP contribution in [0.3, 0.4) is 0 Å². The van der Waals surface area contributed by atoms with Crippen LogP contribution in [0, 0.1) is 5.92 Å². The third kappa shape index (κ3) is 3.71. The molecule has 0 spiro atoms. The molecule has 0 bridgehead atoms. The molecular formula is C16H25N3O. The fourth-order valence-electron chi connectivity index (χ4n) is 2.97. The number of anilines is 1. The van der Waals surface area contributed by atoms with Gasteiger partial charge in [-0.1, -0.05) is 26.2 Å². The highest BCUT2D eigenvalue weighted by atomic mass is 16.1. The summed E-state index contributed by atoms with van der Waals surface area (Å²) in [5, 5.41) is 6.34. The maximum atomic E-state index is 12.2. The van der Waals surface area contributed by atoms with E-state index in [0.717, 1.165) is 25.1 Å². The van der Waals surface area contributed by atoms with Crippen LogP contribution in [0.1, 0.15) is 56.4 Å². The van der Waals surface area contributed by atoms with Crippen molar-refractivity contribution in [1.29, 1.82) is 0 Å². The molecule has 1 aromatic heterocycles. The first-order valence-electron chi connectivity index (χ1n) is 7.75. The fourth-order valence-corrected chi connectivity index (χ4v) is 2.97. The van der Waals surface area contributed by atoms with Crippen LogP contribution < -0.4 is 10.6 Å². The predicted molar refractivity (Wildman–Crippen MR) is 81.9 cm³/mol. The fraction of sp³-hybridized carbons (Fsp3) is 0.625. The molecule has 2 N–H and O–H groups in total. The maximum Gasteiger partial charge on any atom is 0.270 e. The smallest absolute Gasteiger partial charge is 0.270 e. The monoisotopic (exact) mass is 275 g/mol. The highest BCUT2D eigenvalue weighted by Gasteiger charge is 2.25. The van der Waals surface area contributed by atoms with Crippen molar-refractivity contribution < 1.29 is 4.79 Å². The molecule has 1 heterocycles. The summed E-state index contributed by atoms with van der Waals surface area (Å²) in [6.45, 7) is 5.10. The molecule has 1 aliphatic carbocycles. The molecule has 1 aliphatic rings. The second-order valence-electron chi connectivity index (χ2n) is 5.50. The Morgan fingerprint density at radius 1 is 1.30 bits per heavy atom. The number of pyridine rings is 1. The van der Waals surface area contributed by atoms with E-state index in [9.17, 15) is 4.79 Å². The Morgan fingerprint density at radius 3 is 2.75 bits per heavy atom. The number of aromatic nitrogens is 1. The molecule has 0 saturated heterocycles. The van der Waals surface area contributed by atoms with Crippen LogP contribution in [0.25, 0.3) is 0 Å². The molecule has 1 amide bonds. The SMILES string of the molecule is CCNc1ccc(C(=O)NC2CCCCC2CC)nc1. The lowest BCUT2D eigenvalue weighted by Crippen LogP contribution is -2.42. The van der Waals surface area contributed by atoms with Crippen molar-refractivity contribution in [1.82, 2.24) is 10.3 Å². The highest BCUT2D eigenvalue weighted by molar-refractivity contribution is 5.92. The molecule has 110 valence electrons. The Morgan fingerprint density at radius 2 is 2.10 bits per heavy atom. The number of hydrogen-bond acceptors (Lipinski definition) is 3. The molecule has 20 heavy (non-hydrogen) atoms. The summed E-state index contributed by atoms with van der Waals surface area (Å²) in [5.41, 5.74) is 1.46. The minimum Gasteiger partial charge on any atom is -0.384 e. The van der Waals surface area contributed by atoms with Crippen molar-refractivity contribution in [3.8, 4) is 0 Å². The van der Waals surface area contributed by atoms with Gasteiger partial charge in [-0.25, -0.2) is 4.98 Å². The molecule has 1 fully saturated rings. The summed E-state index contributed by atoms with van der Waals surface area (Å²) < 4.78 is 0. The summed E-state index contributed by atoms with van der Waals surface area (Å²) in [5.74, 6) is 0.576. The number of amides is 1. The lowest BCUT2D eigenvalue weighted by Gasteiger charge is -2.31. The zero-order valence-corrected chi connectivity index (χ0v) is 12.5. The average molecular weight is 275 g/mol. The van der Waals surface area contributed by atoms with Gasteiger partial charge in [0.05, 0.1) is 11.9 Å². The average Bonchev–Trinajstić information content (AvgIpc) is 2.49. The van der Waals surface area contributed by atoms with Crippen molar-refractivity contribution in [2.24, 2.45) is 5.92 Å². The van der Waals surface area contributed by atoms with Gasteiger partial charge in [0.2, 0.25) is 0 Å². The van der Waals surface area contributed by atoms with Crippen molar-refractivity contribution in [2.75, 3.05) is 11.9 Å². The summed E-state index contributed by atoms with van der Waals surface area (Å²) in [6, 6.07) is 4.01. The molecule has 0 aliphatic heterocycles. The van der Waals surface area contributed by atoms with Gasteiger partial charge in [-0.2, -0.15) is 0 Å². The zero-order chi connectivity index (χ0) is 14.4. The summed E-state index contributed by atoms with van der Waals surface area (Å²) in [7, 11) is 0. The van der Waals surface area contributed by atoms with Crippen LogP contribution in [0.4, 0.5) is 5.69 Å². The van der Waals surface area contributed by atoms with Crippen LogP contribution in [-0.2, 0) is 0 Å². The molecule has 1 saturated carbocycles. The second-order valence-corrected chi connectivity index (χ2v) is 5.50. The third-order valence-electron chi connectivity index (χ3n) is 4.13. The summed E-state index contributed by atoms with van der Waals surface area (Å²) in [6.07, 6.45) is 7.69. The van der Waals surface area contributed by atoms with E-state index in [-0.39, 0.29) is 5.91 Å². The predicted octanol–water partition coefficient (Wildman–Crippen LogP) is 3.21. The first-order chi connectivity index (χ1) is 9.74. The molecule has 2 unspecified atom stereocenters. The van der Waals surface area contributed by atoms with Crippen molar-refractivity contribution in [2.45, 2.75) is 52.0 Å². The topological polar surface area (TPSA) is 54.0 Å². The van der Waals surface area contributed by atoms with E-state index in [2.05, 4.69) is 22.5 Å². The van der Waals surface area contributed by atoms with Gasteiger partial charge in [-0.15, -0.1) is 0 Å². The zero-order valence-electron chi connectivity index (χ0n) is 12.5.